The Labute approximate surface area is 118 Å². The van der Waals surface area contributed by atoms with Crippen molar-refractivity contribution in [2.75, 3.05) is 46.4 Å². The van der Waals surface area contributed by atoms with E-state index in [1.165, 1.54) is 32.4 Å². The minimum absolute atomic E-state index is 0.250. The van der Waals surface area contributed by atoms with E-state index in [1.54, 1.807) is 0 Å². The first-order valence-corrected chi connectivity index (χ1v) is 7.37. The van der Waals surface area contributed by atoms with Crippen LogP contribution in [0.15, 0.2) is 0 Å². The first-order chi connectivity index (χ1) is 9.33. The fraction of sp³-hybridized carbons (Fsp3) is 0.929. The Bertz CT molecular complexity index is 163. The van der Waals surface area contributed by atoms with Gasteiger partial charge in [0.25, 0.3) is 0 Å². The maximum absolute atomic E-state index is 8.23. The number of aliphatic hydroxyl groups is 1. The monoisotopic (exact) mass is 272 g/mol. The average Bonchev–Trinajstić information content (AvgIpc) is 2.49. The van der Waals surface area contributed by atoms with E-state index in [2.05, 4.69) is 22.9 Å². The highest BCUT2D eigenvalue weighted by molar-refractivity contribution is 4.68. The first kappa shape index (κ1) is 20.6. The molecule has 19 heavy (non-hydrogen) atoms. The third-order valence-electron chi connectivity index (χ3n) is 2.41. The van der Waals surface area contributed by atoms with Crippen LogP contribution in [0.4, 0.5) is 0 Å². The van der Waals surface area contributed by atoms with Crippen LogP contribution >= 0.6 is 0 Å². The molecule has 0 atom stereocenters. The van der Waals surface area contributed by atoms with Gasteiger partial charge < -0.3 is 21.1 Å². The lowest BCUT2D eigenvalue weighted by Crippen LogP contribution is -2.21. The number of piperidine rings is 1. The van der Waals surface area contributed by atoms with Crippen LogP contribution in [0.1, 0.15) is 39.0 Å². The Morgan fingerprint density at radius 2 is 1.84 bits per heavy atom. The van der Waals surface area contributed by atoms with E-state index in [-0.39, 0.29) is 6.61 Å². The Morgan fingerprint density at radius 3 is 2.11 bits per heavy atom. The zero-order valence-electron chi connectivity index (χ0n) is 12.7. The molecule has 0 unspecified atom stereocenters. The van der Waals surface area contributed by atoms with Gasteiger partial charge in [-0.25, -0.2) is 0 Å². The van der Waals surface area contributed by atoms with E-state index in [4.69, 9.17) is 10.4 Å². The molecule has 1 heterocycles. The molecule has 1 rings (SSSR count). The number of rotatable bonds is 6. The van der Waals surface area contributed by atoms with Crippen LogP contribution in [0.25, 0.3) is 0 Å². The maximum Gasteiger partial charge on any atom is 0.0635 e. The number of nitriles is 1. The summed E-state index contributed by atoms with van der Waals surface area (Å²) in [4.78, 5) is 0. The van der Waals surface area contributed by atoms with Gasteiger partial charge in [0.15, 0.2) is 0 Å². The predicted octanol–water partition coefficient (Wildman–Crippen LogP) is 0.858. The second kappa shape index (κ2) is 22.5. The van der Waals surface area contributed by atoms with Gasteiger partial charge >= 0.3 is 0 Å². The second-order valence-corrected chi connectivity index (χ2v) is 4.30. The summed E-state index contributed by atoms with van der Waals surface area (Å²) >= 11 is 0. The minimum Gasteiger partial charge on any atom is -0.395 e. The number of aliphatic hydroxyl groups excluding tert-OH is 1. The highest BCUT2D eigenvalue weighted by Crippen LogP contribution is 1.96. The Balaban J connectivity index is 0. The number of nitrogens with one attached hydrogen (secondary N) is 3. The first-order valence-electron chi connectivity index (χ1n) is 7.37. The summed E-state index contributed by atoms with van der Waals surface area (Å²) in [5.41, 5.74) is 0. The lowest BCUT2D eigenvalue weighted by atomic mass is 10.2. The lowest BCUT2D eigenvalue weighted by Gasteiger charge is -2.08. The zero-order valence-corrected chi connectivity index (χ0v) is 12.7. The Kier molecular flexibility index (Phi) is 24.5. The van der Waals surface area contributed by atoms with Crippen molar-refractivity contribution in [2.45, 2.75) is 39.0 Å². The summed E-state index contributed by atoms with van der Waals surface area (Å²) in [7, 11) is 1.83. The van der Waals surface area contributed by atoms with Gasteiger partial charge in [0.1, 0.15) is 0 Å². The van der Waals surface area contributed by atoms with Crippen LogP contribution in [0.5, 0.6) is 0 Å². The van der Waals surface area contributed by atoms with Crippen molar-refractivity contribution in [2.24, 2.45) is 0 Å². The summed E-state index contributed by atoms with van der Waals surface area (Å²) in [6.45, 7) is 7.40. The zero-order chi connectivity index (χ0) is 14.6. The SMILES string of the molecule is C1CCNCC1.CCCNCCO.CNCCC#N. The van der Waals surface area contributed by atoms with E-state index >= 15 is 0 Å². The molecule has 1 saturated heterocycles. The topological polar surface area (TPSA) is 80.1 Å². The largest absolute Gasteiger partial charge is 0.395 e. The quantitative estimate of drug-likeness (QED) is 0.539. The summed E-state index contributed by atoms with van der Waals surface area (Å²) in [6, 6.07) is 2.01. The van der Waals surface area contributed by atoms with Gasteiger partial charge in [-0.2, -0.15) is 5.26 Å². The van der Waals surface area contributed by atoms with Gasteiger partial charge in [-0.15, -0.1) is 0 Å². The molecule has 0 amide bonds. The fourth-order valence-corrected chi connectivity index (χ4v) is 1.36. The third kappa shape index (κ3) is 26.8. The van der Waals surface area contributed by atoms with E-state index < -0.39 is 0 Å². The minimum atomic E-state index is 0.250. The van der Waals surface area contributed by atoms with Gasteiger partial charge in [0.05, 0.1) is 12.7 Å². The fourth-order valence-electron chi connectivity index (χ4n) is 1.36. The van der Waals surface area contributed by atoms with Crippen LogP contribution in [-0.4, -0.2) is 51.5 Å². The molecule has 5 heteroatoms. The molecule has 1 aliphatic rings. The van der Waals surface area contributed by atoms with Gasteiger partial charge in [-0.05, 0) is 45.9 Å². The third-order valence-corrected chi connectivity index (χ3v) is 2.41. The molecule has 0 aromatic rings. The van der Waals surface area contributed by atoms with E-state index in [0.717, 1.165) is 26.1 Å². The summed E-state index contributed by atoms with van der Waals surface area (Å²) in [5, 5.41) is 25.3. The maximum atomic E-state index is 8.23. The van der Waals surface area contributed by atoms with Gasteiger partial charge in [-0.1, -0.05) is 13.3 Å². The molecule has 4 N–H and O–H groups in total. The standard InChI is InChI=1S/C5H13NO.C5H11N.C4H8N2/c1-2-3-6-4-5-7;1-2-4-6-5-3-1;1-6-4-2-3-5/h6-7H,2-5H2,1H3;6H,1-5H2;6H,2,4H2,1H3. The van der Waals surface area contributed by atoms with Crippen molar-refractivity contribution < 1.29 is 5.11 Å². The Morgan fingerprint density at radius 1 is 1.16 bits per heavy atom. The molecule has 1 fully saturated rings. The van der Waals surface area contributed by atoms with Crippen molar-refractivity contribution in [1.29, 1.82) is 5.26 Å². The van der Waals surface area contributed by atoms with Crippen LogP contribution in [0.3, 0.4) is 0 Å². The van der Waals surface area contributed by atoms with E-state index in [9.17, 15) is 0 Å². The summed E-state index contributed by atoms with van der Waals surface area (Å²) < 4.78 is 0. The molecule has 0 bridgehead atoms. The van der Waals surface area contributed by atoms with Gasteiger partial charge in [-0.3, -0.25) is 0 Å². The van der Waals surface area contributed by atoms with E-state index in [0.29, 0.717) is 6.42 Å². The molecule has 0 aromatic heterocycles. The molecule has 0 radical (unpaired) electrons. The number of hydrogen-bond acceptors (Lipinski definition) is 5. The molecule has 5 nitrogen and oxygen atoms in total. The van der Waals surface area contributed by atoms with Crippen LogP contribution in [0, 0.1) is 11.3 Å². The molecule has 1 aliphatic heterocycles. The highest BCUT2D eigenvalue weighted by Gasteiger charge is 1.93. The molecular formula is C14H32N4O. The van der Waals surface area contributed by atoms with Crippen LogP contribution in [-0.2, 0) is 0 Å². The van der Waals surface area contributed by atoms with Gasteiger partial charge in [0, 0.05) is 19.5 Å². The molecule has 0 spiro atoms. The van der Waals surface area contributed by atoms with Crippen molar-refractivity contribution >= 4 is 0 Å². The average molecular weight is 272 g/mol. The van der Waals surface area contributed by atoms with E-state index in [1.807, 2.05) is 13.1 Å². The number of nitrogens with zero attached hydrogens (tertiary/aromatic N) is 1. The smallest absolute Gasteiger partial charge is 0.0635 e. The van der Waals surface area contributed by atoms with Crippen molar-refractivity contribution in [3.63, 3.8) is 0 Å². The van der Waals surface area contributed by atoms with Crippen molar-refractivity contribution in [3.8, 4) is 6.07 Å². The molecule has 0 aliphatic carbocycles. The van der Waals surface area contributed by atoms with Crippen molar-refractivity contribution in [3.05, 3.63) is 0 Å². The summed E-state index contributed by atoms with van der Waals surface area (Å²) in [5.74, 6) is 0. The number of hydrogen-bond donors (Lipinski definition) is 4. The highest BCUT2D eigenvalue weighted by atomic mass is 16.3. The van der Waals surface area contributed by atoms with Crippen LogP contribution in [0.2, 0.25) is 0 Å². The predicted molar refractivity (Wildman–Crippen MR) is 81.1 cm³/mol. The second-order valence-electron chi connectivity index (χ2n) is 4.30. The summed E-state index contributed by atoms with van der Waals surface area (Å²) in [6.07, 6.45) is 5.96. The van der Waals surface area contributed by atoms with Gasteiger partial charge in [0.2, 0.25) is 0 Å². The van der Waals surface area contributed by atoms with Crippen molar-refractivity contribution in [1.82, 2.24) is 16.0 Å². The van der Waals surface area contributed by atoms with Crippen LogP contribution < -0.4 is 16.0 Å². The molecular weight excluding hydrogens is 240 g/mol. The molecule has 0 aromatic carbocycles. The molecule has 114 valence electrons. The Hall–Kier alpha value is -0.670. The molecule has 0 saturated carbocycles. The lowest BCUT2D eigenvalue weighted by molar-refractivity contribution is 0.292. The normalized spacial score (nSPS) is 13.4.